The molecular weight excluding hydrogens is 195 g/mol. The Hall–Kier alpha value is -0.650. The third-order valence-electron chi connectivity index (χ3n) is 1.20. The molecule has 0 aliphatic heterocycles. The van der Waals surface area contributed by atoms with Crippen LogP contribution in [0.5, 0.6) is 0 Å². The van der Waals surface area contributed by atoms with Crippen molar-refractivity contribution in [3.05, 3.63) is 11.9 Å². The minimum absolute atomic E-state index is 0.261. The van der Waals surface area contributed by atoms with Gasteiger partial charge in [-0.15, -0.1) is 0 Å². The van der Waals surface area contributed by atoms with Gasteiger partial charge in [0, 0.05) is 0 Å². The van der Waals surface area contributed by atoms with E-state index in [1.54, 1.807) is 6.92 Å². The molecule has 0 saturated heterocycles. The van der Waals surface area contributed by atoms with Crippen molar-refractivity contribution in [1.29, 1.82) is 0 Å². The number of unbranched alkanes of at least 4 members (excludes halogenated alkanes) is 1. The van der Waals surface area contributed by atoms with Crippen LogP contribution < -0.4 is 0 Å². The molecule has 0 aromatic carbocycles. The molecule has 13 heavy (non-hydrogen) atoms. The van der Waals surface area contributed by atoms with E-state index < -0.39 is 24.6 Å². The summed E-state index contributed by atoms with van der Waals surface area (Å²) >= 11 is 0. The molecule has 0 bridgehead atoms. The van der Waals surface area contributed by atoms with Gasteiger partial charge in [0.2, 0.25) is 0 Å². The zero-order valence-corrected chi connectivity index (χ0v) is 6.92. The van der Waals surface area contributed by atoms with E-state index in [0.29, 0.717) is 6.42 Å². The van der Waals surface area contributed by atoms with Gasteiger partial charge in [0.25, 0.3) is 5.83 Å². The quantitative estimate of drug-likeness (QED) is 0.492. The van der Waals surface area contributed by atoms with Crippen LogP contribution in [-0.4, -0.2) is 12.7 Å². The lowest BCUT2D eigenvalue weighted by Crippen LogP contribution is -2.22. The fourth-order valence-corrected chi connectivity index (χ4v) is 0.518. The van der Waals surface area contributed by atoms with Gasteiger partial charge in [-0.05, 0) is 6.42 Å². The summed E-state index contributed by atoms with van der Waals surface area (Å²) in [5, 5.41) is 0. The smallest absolute Gasteiger partial charge is 0.315 e. The lowest BCUT2D eigenvalue weighted by molar-refractivity contribution is -0.223. The van der Waals surface area contributed by atoms with Crippen LogP contribution in [0.1, 0.15) is 19.8 Å². The van der Waals surface area contributed by atoms with E-state index in [0.717, 1.165) is 0 Å². The van der Waals surface area contributed by atoms with Crippen LogP contribution in [0.3, 0.4) is 0 Å². The number of hydrogen-bond acceptors (Lipinski definition) is 1. The largest absolute Gasteiger partial charge is 0.414 e. The Morgan fingerprint density at radius 1 is 1.23 bits per heavy atom. The van der Waals surface area contributed by atoms with E-state index in [9.17, 15) is 22.0 Å². The van der Waals surface area contributed by atoms with Crippen molar-refractivity contribution in [2.24, 2.45) is 0 Å². The summed E-state index contributed by atoms with van der Waals surface area (Å²) in [6.45, 7) is 1.24. The van der Waals surface area contributed by atoms with Crippen LogP contribution in [0, 0.1) is 0 Å². The van der Waals surface area contributed by atoms with Crippen molar-refractivity contribution < 1.29 is 26.7 Å². The predicted molar refractivity (Wildman–Crippen MR) is 36.2 cm³/mol. The maximum atomic E-state index is 12.3. The minimum Gasteiger partial charge on any atom is -0.315 e. The second-order valence-electron chi connectivity index (χ2n) is 2.29. The van der Waals surface area contributed by atoms with Crippen LogP contribution in [-0.2, 0) is 4.74 Å². The van der Waals surface area contributed by atoms with Gasteiger partial charge in [-0.2, -0.15) is 22.0 Å². The van der Waals surface area contributed by atoms with E-state index in [1.165, 1.54) is 0 Å². The molecule has 0 aromatic rings. The normalized spacial score (nSPS) is 11.5. The molecule has 0 aliphatic rings. The number of ether oxygens (including phenoxy) is 1. The summed E-state index contributed by atoms with van der Waals surface area (Å²) in [7, 11) is 0. The lowest BCUT2D eigenvalue weighted by atomic mass is 10.4. The molecule has 78 valence electrons. The topological polar surface area (TPSA) is 9.23 Å². The molecule has 6 heteroatoms. The summed E-state index contributed by atoms with van der Waals surface area (Å²) in [6, 6.07) is 0. The van der Waals surface area contributed by atoms with Crippen molar-refractivity contribution in [1.82, 2.24) is 0 Å². The zero-order valence-electron chi connectivity index (χ0n) is 6.92. The molecule has 0 aromatic heterocycles. The second-order valence-corrected chi connectivity index (χ2v) is 2.29. The summed E-state index contributed by atoms with van der Waals surface area (Å²) < 4.78 is 62.9. The maximum absolute atomic E-state index is 12.3. The summed E-state index contributed by atoms with van der Waals surface area (Å²) in [5.74, 6) is -2.82. The highest BCUT2D eigenvalue weighted by atomic mass is 19.3. The Bertz CT molecular complexity index is 185. The number of hydrogen-bond donors (Lipinski definition) is 0. The Labute approximate surface area is 72.2 Å². The van der Waals surface area contributed by atoms with Crippen LogP contribution >= 0.6 is 0 Å². The summed E-state index contributed by atoms with van der Waals surface area (Å²) in [5.41, 5.74) is 0. The van der Waals surface area contributed by atoms with E-state index >= 15 is 0 Å². The van der Waals surface area contributed by atoms with Crippen LogP contribution in [0.15, 0.2) is 11.9 Å². The van der Waals surface area contributed by atoms with Gasteiger partial charge in [0.05, 0.1) is 6.61 Å². The SMILES string of the molecule is CCCCOC(F)(F)C(F)=C(F)F. The van der Waals surface area contributed by atoms with Crippen molar-refractivity contribution in [3.63, 3.8) is 0 Å². The van der Waals surface area contributed by atoms with Crippen molar-refractivity contribution >= 4 is 0 Å². The van der Waals surface area contributed by atoms with Crippen LogP contribution in [0.2, 0.25) is 0 Å². The highest BCUT2D eigenvalue weighted by molar-refractivity contribution is 4.99. The third-order valence-corrected chi connectivity index (χ3v) is 1.20. The first kappa shape index (κ1) is 12.3. The third kappa shape index (κ3) is 4.21. The standard InChI is InChI=1S/C7H9F5O/c1-2-3-4-13-7(11,12)5(8)6(9)10/h2-4H2,1H3. The van der Waals surface area contributed by atoms with Crippen LogP contribution in [0.4, 0.5) is 22.0 Å². The van der Waals surface area contributed by atoms with Crippen molar-refractivity contribution in [2.75, 3.05) is 6.61 Å². The molecule has 0 atom stereocenters. The summed E-state index contributed by atoms with van der Waals surface area (Å²) in [6.07, 6.45) is -6.74. The lowest BCUT2D eigenvalue weighted by Gasteiger charge is -2.13. The van der Waals surface area contributed by atoms with Gasteiger partial charge in [-0.1, -0.05) is 13.3 Å². The Kier molecular flexibility index (Phi) is 4.90. The van der Waals surface area contributed by atoms with Gasteiger partial charge in [-0.25, -0.2) is 0 Å². The van der Waals surface area contributed by atoms with Gasteiger partial charge in [-0.3, -0.25) is 0 Å². The molecular formula is C7H9F5O. The first-order chi connectivity index (χ1) is 5.91. The zero-order chi connectivity index (χ0) is 10.5. The molecule has 0 heterocycles. The average Bonchev–Trinajstić information content (AvgIpc) is 2.03. The molecule has 0 unspecified atom stereocenters. The van der Waals surface area contributed by atoms with Gasteiger partial charge < -0.3 is 4.74 Å². The number of rotatable bonds is 5. The maximum Gasteiger partial charge on any atom is 0.414 e. The first-order valence-corrected chi connectivity index (χ1v) is 3.64. The Morgan fingerprint density at radius 2 is 1.77 bits per heavy atom. The second kappa shape index (κ2) is 5.16. The monoisotopic (exact) mass is 204 g/mol. The molecule has 0 N–H and O–H groups in total. The van der Waals surface area contributed by atoms with Gasteiger partial charge in [0.1, 0.15) is 0 Å². The highest BCUT2D eigenvalue weighted by Gasteiger charge is 2.40. The molecule has 1 nitrogen and oxygen atoms in total. The van der Waals surface area contributed by atoms with E-state index in [1.807, 2.05) is 0 Å². The van der Waals surface area contributed by atoms with Gasteiger partial charge >= 0.3 is 12.2 Å². The Balaban J connectivity index is 4.15. The minimum atomic E-state index is -4.51. The summed E-state index contributed by atoms with van der Waals surface area (Å²) in [4.78, 5) is 0. The molecule has 0 spiro atoms. The van der Waals surface area contributed by atoms with Crippen LogP contribution in [0.25, 0.3) is 0 Å². The number of halogens is 5. The van der Waals surface area contributed by atoms with E-state index in [-0.39, 0.29) is 6.42 Å². The number of alkyl halides is 2. The molecule has 0 aliphatic carbocycles. The Morgan fingerprint density at radius 3 is 2.15 bits per heavy atom. The average molecular weight is 204 g/mol. The fraction of sp³-hybridized carbons (Fsp3) is 0.714. The van der Waals surface area contributed by atoms with Crippen molar-refractivity contribution in [3.8, 4) is 0 Å². The fourth-order valence-electron chi connectivity index (χ4n) is 0.518. The molecule has 0 amide bonds. The van der Waals surface area contributed by atoms with Crippen molar-refractivity contribution in [2.45, 2.75) is 25.9 Å². The van der Waals surface area contributed by atoms with E-state index in [4.69, 9.17) is 0 Å². The molecule has 0 rings (SSSR count). The highest BCUT2D eigenvalue weighted by Crippen LogP contribution is 2.30. The van der Waals surface area contributed by atoms with Gasteiger partial charge in [0.15, 0.2) is 0 Å². The molecule has 0 radical (unpaired) electrons. The molecule has 0 fully saturated rings. The first-order valence-electron chi connectivity index (χ1n) is 3.64. The predicted octanol–water partition coefficient (Wildman–Crippen LogP) is 3.47. The molecule has 0 saturated carbocycles. The van der Waals surface area contributed by atoms with E-state index in [2.05, 4.69) is 4.74 Å².